The molecule has 0 radical (unpaired) electrons. The number of ether oxygens (including phenoxy) is 4. The highest BCUT2D eigenvalue weighted by Gasteiger charge is 2.18. The number of hydrogen-bond donors (Lipinski definition) is 0. The third-order valence-electron chi connectivity index (χ3n) is 3.06. The summed E-state index contributed by atoms with van der Waals surface area (Å²) >= 11 is 0. The van der Waals surface area contributed by atoms with Gasteiger partial charge >= 0.3 is 0 Å². The summed E-state index contributed by atoms with van der Waals surface area (Å²) in [5, 5.41) is 0. The SMILES string of the molecule is COc1ncccc1COc1cc2c(cc1C=O)OCO2. The Balaban J connectivity index is 1.83. The third-order valence-corrected chi connectivity index (χ3v) is 3.06. The second kappa shape index (κ2) is 5.70. The molecule has 1 aliphatic rings. The molecular formula is C15H13NO5. The summed E-state index contributed by atoms with van der Waals surface area (Å²) in [4.78, 5) is 15.2. The molecule has 0 spiro atoms. The van der Waals surface area contributed by atoms with Crippen molar-refractivity contribution >= 4 is 6.29 Å². The van der Waals surface area contributed by atoms with E-state index >= 15 is 0 Å². The molecule has 2 aromatic rings. The third kappa shape index (κ3) is 2.60. The topological polar surface area (TPSA) is 66.9 Å². The average Bonchev–Trinajstić information content (AvgIpc) is 2.99. The summed E-state index contributed by atoms with van der Waals surface area (Å²) < 4.78 is 21.4. The lowest BCUT2D eigenvalue weighted by Gasteiger charge is -2.11. The molecule has 0 unspecified atom stereocenters. The van der Waals surface area contributed by atoms with E-state index < -0.39 is 0 Å². The minimum absolute atomic E-state index is 0.146. The fourth-order valence-corrected chi connectivity index (χ4v) is 2.03. The molecule has 108 valence electrons. The predicted molar refractivity (Wildman–Crippen MR) is 73.1 cm³/mol. The molecule has 0 bridgehead atoms. The molecule has 0 saturated heterocycles. The van der Waals surface area contributed by atoms with Gasteiger partial charge in [0.25, 0.3) is 0 Å². The van der Waals surface area contributed by atoms with Gasteiger partial charge in [-0.15, -0.1) is 0 Å². The Morgan fingerprint density at radius 3 is 2.90 bits per heavy atom. The first-order valence-corrected chi connectivity index (χ1v) is 6.31. The number of rotatable bonds is 5. The summed E-state index contributed by atoms with van der Waals surface area (Å²) in [6, 6.07) is 6.89. The van der Waals surface area contributed by atoms with Crippen LogP contribution in [0.25, 0.3) is 0 Å². The van der Waals surface area contributed by atoms with E-state index in [1.165, 1.54) is 0 Å². The van der Waals surface area contributed by atoms with Crippen molar-refractivity contribution in [3.05, 3.63) is 41.6 Å². The van der Waals surface area contributed by atoms with Crippen molar-refractivity contribution < 1.29 is 23.7 Å². The van der Waals surface area contributed by atoms with Crippen LogP contribution in [0, 0.1) is 0 Å². The Kier molecular flexibility index (Phi) is 3.59. The van der Waals surface area contributed by atoms with Gasteiger partial charge in [0.05, 0.1) is 18.2 Å². The van der Waals surface area contributed by atoms with Gasteiger partial charge in [0, 0.05) is 12.3 Å². The summed E-state index contributed by atoms with van der Waals surface area (Å²) in [5.74, 6) is 2.03. The zero-order chi connectivity index (χ0) is 14.7. The van der Waals surface area contributed by atoms with Crippen LogP contribution in [0.1, 0.15) is 15.9 Å². The van der Waals surface area contributed by atoms with Crippen LogP contribution >= 0.6 is 0 Å². The Labute approximate surface area is 121 Å². The molecule has 0 saturated carbocycles. The van der Waals surface area contributed by atoms with Gasteiger partial charge in [-0.05, 0) is 18.2 Å². The van der Waals surface area contributed by atoms with E-state index in [-0.39, 0.29) is 13.4 Å². The number of fused-ring (bicyclic) bond motifs is 1. The van der Waals surface area contributed by atoms with Crippen LogP contribution in [-0.2, 0) is 6.61 Å². The molecular weight excluding hydrogens is 274 g/mol. The Bertz CT molecular complexity index is 671. The number of nitrogens with zero attached hydrogens (tertiary/aromatic N) is 1. The number of carbonyl (C=O) groups is 1. The highest BCUT2D eigenvalue weighted by atomic mass is 16.7. The first-order valence-electron chi connectivity index (χ1n) is 6.31. The number of carbonyl (C=O) groups excluding carboxylic acids is 1. The van der Waals surface area contributed by atoms with Gasteiger partial charge in [-0.3, -0.25) is 4.79 Å². The molecule has 3 rings (SSSR count). The van der Waals surface area contributed by atoms with E-state index in [4.69, 9.17) is 18.9 Å². The fourth-order valence-electron chi connectivity index (χ4n) is 2.03. The zero-order valence-electron chi connectivity index (χ0n) is 11.4. The maximum Gasteiger partial charge on any atom is 0.231 e. The first-order chi connectivity index (χ1) is 10.3. The molecule has 0 N–H and O–H groups in total. The summed E-state index contributed by atoms with van der Waals surface area (Å²) in [6.07, 6.45) is 2.36. The fraction of sp³-hybridized carbons (Fsp3) is 0.200. The Morgan fingerprint density at radius 2 is 2.14 bits per heavy atom. The van der Waals surface area contributed by atoms with Gasteiger partial charge in [-0.25, -0.2) is 4.98 Å². The van der Waals surface area contributed by atoms with Crippen LogP contribution in [0.5, 0.6) is 23.1 Å². The number of aromatic nitrogens is 1. The first kappa shape index (κ1) is 13.2. The van der Waals surface area contributed by atoms with E-state index in [0.717, 1.165) is 11.8 Å². The second-order valence-electron chi connectivity index (χ2n) is 4.32. The van der Waals surface area contributed by atoms with Crippen LogP contribution in [0.15, 0.2) is 30.5 Å². The van der Waals surface area contributed by atoms with E-state index in [1.807, 2.05) is 6.07 Å². The van der Waals surface area contributed by atoms with E-state index in [9.17, 15) is 4.79 Å². The number of benzene rings is 1. The lowest BCUT2D eigenvalue weighted by atomic mass is 10.2. The van der Waals surface area contributed by atoms with Crippen molar-refractivity contribution in [2.75, 3.05) is 13.9 Å². The quantitative estimate of drug-likeness (QED) is 0.785. The zero-order valence-corrected chi connectivity index (χ0v) is 11.4. The number of hydrogen-bond acceptors (Lipinski definition) is 6. The van der Waals surface area contributed by atoms with Gasteiger partial charge in [0.1, 0.15) is 12.4 Å². The Morgan fingerprint density at radius 1 is 1.33 bits per heavy atom. The van der Waals surface area contributed by atoms with Crippen molar-refractivity contribution in [1.29, 1.82) is 0 Å². The smallest absolute Gasteiger partial charge is 0.231 e. The van der Waals surface area contributed by atoms with Crippen LogP contribution in [0.4, 0.5) is 0 Å². The monoisotopic (exact) mass is 287 g/mol. The molecule has 21 heavy (non-hydrogen) atoms. The average molecular weight is 287 g/mol. The molecule has 0 amide bonds. The largest absolute Gasteiger partial charge is 0.488 e. The Hall–Kier alpha value is -2.76. The van der Waals surface area contributed by atoms with Gasteiger partial charge in [-0.1, -0.05) is 0 Å². The van der Waals surface area contributed by atoms with Gasteiger partial charge in [0.15, 0.2) is 17.8 Å². The molecule has 0 atom stereocenters. The second-order valence-corrected chi connectivity index (χ2v) is 4.32. The van der Waals surface area contributed by atoms with Crippen molar-refractivity contribution in [2.45, 2.75) is 6.61 Å². The summed E-state index contributed by atoms with van der Waals surface area (Å²) in [5.41, 5.74) is 1.19. The molecule has 0 fully saturated rings. The highest BCUT2D eigenvalue weighted by Crippen LogP contribution is 2.37. The van der Waals surface area contributed by atoms with E-state index in [2.05, 4.69) is 4.98 Å². The van der Waals surface area contributed by atoms with Gasteiger partial charge in [0.2, 0.25) is 12.7 Å². The number of methoxy groups -OCH3 is 1. The summed E-state index contributed by atoms with van der Waals surface area (Å²) in [6.45, 7) is 0.380. The van der Waals surface area contributed by atoms with E-state index in [1.54, 1.807) is 31.5 Å². The van der Waals surface area contributed by atoms with Gasteiger partial charge < -0.3 is 18.9 Å². The highest BCUT2D eigenvalue weighted by molar-refractivity contribution is 5.81. The van der Waals surface area contributed by atoms with Gasteiger partial charge in [-0.2, -0.15) is 0 Å². The van der Waals surface area contributed by atoms with Crippen molar-refractivity contribution in [3.8, 4) is 23.1 Å². The maximum absolute atomic E-state index is 11.1. The lowest BCUT2D eigenvalue weighted by molar-refractivity contribution is 0.111. The van der Waals surface area contributed by atoms with Crippen molar-refractivity contribution in [1.82, 2.24) is 4.98 Å². The van der Waals surface area contributed by atoms with Crippen molar-refractivity contribution in [3.63, 3.8) is 0 Å². The standard InChI is InChI=1S/C15H13NO5/c1-18-15-10(3-2-4-16-15)8-19-12-6-14-13(20-9-21-14)5-11(12)7-17/h2-7H,8-9H2,1H3. The molecule has 2 heterocycles. The molecule has 1 aliphatic heterocycles. The molecule has 6 nitrogen and oxygen atoms in total. The molecule has 1 aromatic carbocycles. The number of pyridine rings is 1. The molecule has 0 aliphatic carbocycles. The summed E-state index contributed by atoms with van der Waals surface area (Å²) in [7, 11) is 1.54. The van der Waals surface area contributed by atoms with Crippen LogP contribution in [0.3, 0.4) is 0 Å². The van der Waals surface area contributed by atoms with Crippen LogP contribution < -0.4 is 18.9 Å². The lowest BCUT2D eigenvalue weighted by Crippen LogP contribution is -2.01. The number of aldehydes is 1. The molecule has 1 aromatic heterocycles. The van der Waals surface area contributed by atoms with E-state index in [0.29, 0.717) is 28.7 Å². The van der Waals surface area contributed by atoms with Crippen LogP contribution in [-0.4, -0.2) is 25.2 Å². The predicted octanol–water partition coefficient (Wildman–Crippen LogP) is 2.21. The minimum atomic E-state index is 0.146. The molecule has 6 heteroatoms. The van der Waals surface area contributed by atoms with Crippen molar-refractivity contribution in [2.24, 2.45) is 0 Å². The maximum atomic E-state index is 11.1. The normalized spacial score (nSPS) is 12.0. The minimum Gasteiger partial charge on any atom is -0.488 e. The van der Waals surface area contributed by atoms with Crippen LogP contribution in [0.2, 0.25) is 0 Å².